The number of nitrogens with one attached hydrogen (secondary N) is 2. The standard InChI is InChI=1S/C22H35N3O.C4H8.C3H8/c1-6-11-17(2)22(23-5)16-21(19(4)26)18(3)24-14-10-15-25-20-12-8-7-9-13-20;1-4(2)3;1-3-2/h6,11,16,20,24-25H,1,3,7-10,12-15H2,2,4-5H3;1H2,2-3H3;3H2,1-2H3/b17-11+,21-16-,23-22?;;. The normalized spacial score (nSPS) is 14.8. The van der Waals surface area contributed by atoms with Crippen LogP contribution in [0, 0.1) is 0 Å². The van der Waals surface area contributed by atoms with Gasteiger partial charge in [-0.25, -0.2) is 0 Å². The molecule has 0 atom stereocenters. The van der Waals surface area contributed by atoms with Gasteiger partial charge in [0.25, 0.3) is 0 Å². The number of rotatable bonds is 11. The highest BCUT2D eigenvalue weighted by Gasteiger charge is 2.13. The Labute approximate surface area is 205 Å². The van der Waals surface area contributed by atoms with E-state index in [1.54, 1.807) is 26.1 Å². The van der Waals surface area contributed by atoms with Crippen LogP contribution in [0.25, 0.3) is 0 Å². The molecule has 0 unspecified atom stereocenters. The summed E-state index contributed by atoms with van der Waals surface area (Å²) in [5.41, 5.74) is 4.12. The van der Waals surface area contributed by atoms with Gasteiger partial charge in [-0.1, -0.05) is 70.4 Å². The van der Waals surface area contributed by atoms with Gasteiger partial charge in [-0.3, -0.25) is 9.79 Å². The van der Waals surface area contributed by atoms with E-state index in [0.717, 1.165) is 30.8 Å². The average molecular weight is 458 g/mol. The van der Waals surface area contributed by atoms with Crippen LogP contribution < -0.4 is 10.6 Å². The smallest absolute Gasteiger partial charge is 0.161 e. The van der Waals surface area contributed by atoms with E-state index in [1.807, 2.05) is 26.8 Å². The molecule has 0 amide bonds. The molecule has 4 nitrogen and oxygen atoms in total. The van der Waals surface area contributed by atoms with Gasteiger partial charge < -0.3 is 10.6 Å². The monoisotopic (exact) mass is 457 g/mol. The fourth-order valence-corrected chi connectivity index (χ4v) is 3.19. The maximum atomic E-state index is 12.0. The number of Topliss-reactive ketones (excluding diaryl/α,β-unsaturated/α-hetero) is 1. The first-order valence-electron chi connectivity index (χ1n) is 12.4. The van der Waals surface area contributed by atoms with Gasteiger partial charge in [0.15, 0.2) is 5.78 Å². The Balaban J connectivity index is 0. The quantitative estimate of drug-likeness (QED) is 0.114. The molecule has 0 aromatic heterocycles. The fraction of sp³-hybridized carbons (Fsp3) is 0.586. The maximum absolute atomic E-state index is 12.0. The minimum Gasteiger partial charge on any atom is -0.385 e. The van der Waals surface area contributed by atoms with Crippen molar-refractivity contribution in [3.05, 3.63) is 60.4 Å². The molecular formula is C29H51N3O. The fourth-order valence-electron chi connectivity index (χ4n) is 3.19. The third-order valence-electron chi connectivity index (χ3n) is 4.73. The van der Waals surface area contributed by atoms with E-state index in [1.165, 1.54) is 44.1 Å². The maximum Gasteiger partial charge on any atom is 0.161 e. The molecule has 0 bridgehead atoms. The van der Waals surface area contributed by atoms with Crippen molar-refractivity contribution in [2.75, 3.05) is 20.1 Å². The van der Waals surface area contributed by atoms with Gasteiger partial charge in [-0.2, -0.15) is 0 Å². The highest BCUT2D eigenvalue weighted by Crippen LogP contribution is 2.17. The van der Waals surface area contributed by atoms with Gasteiger partial charge in [0, 0.05) is 30.9 Å². The van der Waals surface area contributed by atoms with Crippen molar-refractivity contribution < 1.29 is 4.79 Å². The Morgan fingerprint density at radius 1 is 1.03 bits per heavy atom. The summed E-state index contributed by atoms with van der Waals surface area (Å²) in [5.74, 6) is -0.0182. The van der Waals surface area contributed by atoms with Crippen LogP contribution in [0.5, 0.6) is 0 Å². The number of carbonyl (C=O) groups excluding carboxylic acids is 1. The summed E-state index contributed by atoms with van der Waals surface area (Å²) >= 11 is 0. The minimum atomic E-state index is -0.0182. The topological polar surface area (TPSA) is 53.5 Å². The molecule has 0 radical (unpaired) electrons. The predicted molar refractivity (Wildman–Crippen MR) is 149 cm³/mol. The lowest BCUT2D eigenvalue weighted by Crippen LogP contribution is -2.33. The summed E-state index contributed by atoms with van der Waals surface area (Å²) in [7, 11) is 1.72. The number of ketones is 1. The average Bonchev–Trinajstić information content (AvgIpc) is 2.75. The number of allylic oxidation sites excluding steroid dienone is 6. The van der Waals surface area contributed by atoms with Crippen molar-refractivity contribution in [2.24, 2.45) is 4.99 Å². The lowest BCUT2D eigenvalue weighted by molar-refractivity contribution is -0.113. The Bertz CT molecular complexity index is 673. The number of carbonyl (C=O) groups is 1. The second-order valence-corrected chi connectivity index (χ2v) is 8.77. The summed E-state index contributed by atoms with van der Waals surface area (Å²) in [5, 5.41) is 6.91. The summed E-state index contributed by atoms with van der Waals surface area (Å²) < 4.78 is 0. The lowest BCUT2D eigenvalue weighted by atomic mass is 9.95. The van der Waals surface area contributed by atoms with Crippen molar-refractivity contribution >= 4 is 11.5 Å². The SMILES string of the molecule is C=C(C)C.C=C/C=C(\C)C(/C=C(/C(=C)NCCCNC1CCCCC1)C(C)=O)=NC.CCC. The Morgan fingerprint density at radius 3 is 2.03 bits per heavy atom. The zero-order valence-corrected chi connectivity index (χ0v) is 22.7. The molecule has 1 aliphatic rings. The molecule has 0 heterocycles. The van der Waals surface area contributed by atoms with Gasteiger partial charge in [-0.15, -0.1) is 6.58 Å². The zero-order valence-electron chi connectivity index (χ0n) is 22.7. The molecule has 2 N–H and O–H groups in total. The number of aliphatic imine (C=N–C) groups is 1. The first-order chi connectivity index (χ1) is 15.6. The Kier molecular flexibility index (Phi) is 21.6. The van der Waals surface area contributed by atoms with E-state index >= 15 is 0 Å². The third kappa shape index (κ3) is 19.0. The van der Waals surface area contributed by atoms with Crippen molar-refractivity contribution in [2.45, 2.75) is 92.5 Å². The van der Waals surface area contributed by atoms with Crippen LogP contribution in [0.1, 0.15) is 86.5 Å². The number of hydrogen-bond donors (Lipinski definition) is 2. The van der Waals surface area contributed by atoms with Crippen molar-refractivity contribution in [1.29, 1.82) is 0 Å². The van der Waals surface area contributed by atoms with Gasteiger partial charge in [0.1, 0.15) is 0 Å². The Morgan fingerprint density at radius 2 is 1.58 bits per heavy atom. The summed E-state index contributed by atoms with van der Waals surface area (Å²) in [6, 6.07) is 0.683. The van der Waals surface area contributed by atoms with E-state index in [9.17, 15) is 4.79 Å². The Hall–Kier alpha value is -2.20. The predicted octanol–water partition coefficient (Wildman–Crippen LogP) is 7.12. The third-order valence-corrected chi connectivity index (χ3v) is 4.73. The second kappa shape index (κ2) is 21.6. The molecule has 0 saturated heterocycles. The van der Waals surface area contributed by atoms with E-state index in [2.05, 4.69) is 49.2 Å². The van der Waals surface area contributed by atoms with Gasteiger partial charge in [0.2, 0.25) is 0 Å². The van der Waals surface area contributed by atoms with Crippen LogP contribution in [0.2, 0.25) is 0 Å². The van der Waals surface area contributed by atoms with Gasteiger partial charge in [-0.05, 0) is 65.2 Å². The molecule has 1 aliphatic carbocycles. The molecular weight excluding hydrogens is 406 g/mol. The summed E-state index contributed by atoms with van der Waals surface area (Å²) in [6.07, 6.45) is 14.3. The molecule has 33 heavy (non-hydrogen) atoms. The largest absolute Gasteiger partial charge is 0.385 e. The molecule has 4 heteroatoms. The highest BCUT2D eigenvalue weighted by atomic mass is 16.1. The molecule has 0 aromatic carbocycles. The van der Waals surface area contributed by atoms with Crippen LogP contribution in [0.3, 0.4) is 0 Å². The number of nitrogens with zero attached hydrogens (tertiary/aromatic N) is 1. The molecule has 0 aromatic rings. The molecule has 1 saturated carbocycles. The van der Waals surface area contributed by atoms with Gasteiger partial charge >= 0.3 is 0 Å². The molecule has 1 rings (SSSR count). The highest BCUT2D eigenvalue weighted by molar-refractivity contribution is 6.13. The first-order valence-corrected chi connectivity index (χ1v) is 12.4. The van der Waals surface area contributed by atoms with Crippen molar-refractivity contribution in [3.63, 3.8) is 0 Å². The number of hydrogen-bond acceptors (Lipinski definition) is 4. The van der Waals surface area contributed by atoms with Gasteiger partial charge in [0.05, 0.1) is 5.71 Å². The van der Waals surface area contributed by atoms with Crippen LogP contribution in [0.15, 0.2) is 65.4 Å². The molecule has 0 spiro atoms. The summed E-state index contributed by atoms with van der Waals surface area (Å²) in [6.45, 7) is 24.8. The van der Waals surface area contributed by atoms with Crippen LogP contribution in [0.4, 0.5) is 0 Å². The molecule has 0 aliphatic heterocycles. The second-order valence-electron chi connectivity index (χ2n) is 8.77. The minimum absolute atomic E-state index is 0.0182. The van der Waals surface area contributed by atoms with Crippen LogP contribution in [-0.4, -0.2) is 37.7 Å². The molecule has 1 fully saturated rings. The van der Waals surface area contributed by atoms with Crippen LogP contribution >= 0.6 is 0 Å². The first kappa shape index (κ1) is 33.0. The van der Waals surface area contributed by atoms with E-state index in [4.69, 9.17) is 0 Å². The zero-order chi connectivity index (χ0) is 25.6. The van der Waals surface area contributed by atoms with E-state index < -0.39 is 0 Å². The van der Waals surface area contributed by atoms with Crippen molar-refractivity contribution in [1.82, 2.24) is 10.6 Å². The van der Waals surface area contributed by atoms with E-state index in [0.29, 0.717) is 17.3 Å². The lowest BCUT2D eigenvalue weighted by Gasteiger charge is -2.23. The summed E-state index contributed by atoms with van der Waals surface area (Å²) in [4.78, 5) is 16.3. The van der Waals surface area contributed by atoms with E-state index in [-0.39, 0.29) is 5.78 Å². The molecule has 188 valence electrons. The van der Waals surface area contributed by atoms with Crippen molar-refractivity contribution in [3.8, 4) is 0 Å². The van der Waals surface area contributed by atoms with Crippen LogP contribution in [-0.2, 0) is 4.79 Å².